The minimum Gasteiger partial charge on any atom is -0.305 e. The van der Waals surface area contributed by atoms with Crippen LogP contribution >= 0.6 is 0 Å². The topological polar surface area (TPSA) is 12.0 Å². The van der Waals surface area contributed by atoms with E-state index in [1.165, 1.54) is 19.3 Å². The van der Waals surface area contributed by atoms with Crippen molar-refractivity contribution in [1.82, 2.24) is 5.32 Å². The zero-order valence-corrected chi connectivity index (χ0v) is 6.98. The molecular weight excluding hydrogens is 122 g/mol. The lowest BCUT2D eigenvalue weighted by Gasteiger charge is -2.18. The average molecular weight is 139 g/mol. The fourth-order valence-corrected chi connectivity index (χ4v) is 1.29. The lowest BCUT2D eigenvalue weighted by Crippen LogP contribution is -2.36. The second-order valence-corrected chi connectivity index (χ2v) is 3.30. The summed E-state index contributed by atoms with van der Waals surface area (Å²) in [5, 5.41) is 3.55. The molecule has 1 aliphatic rings. The van der Waals surface area contributed by atoms with E-state index in [0.717, 1.165) is 0 Å². The molecule has 10 heavy (non-hydrogen) atoms. The second-order valence-electron chi connectivity index (χ2n) is 3.30. The van der Waals surface area contributed by atoms with Crippen molar-refractivity contribution in [2.75, 3.05) is 0 Å². The predicted molar refractivity (Wildman–Crippen MR) is 45.1 cm³/mol. The molecule has 0 aromatic carbocycles. The molecule has 0 aliphatic heterocycles. The van der Waals surface area contributed by atoms with E-state index in [-0.39, 0.29) is 0 Å². The van der Waals surface area contributed by atoms with E-state index in [1.807, 2.05) is 6.08 Å². The molecule has 1 heteroatoms. The number of rotatable bonds is 4. The number of hydrogen-bond acceptors (Lipinski definition) is 1. The molecule has 1 nitrogen and oxygen atoms in total. The Balaban J connectivity index is 2.30. The van der Waals surface area contributed by atoms with Gasteiger partial charge in [0.15, 0.2) is 0 Å². The molecule has 0 aromatic heterocycles. The largest absolute Gasteiger partial charge is 0.305 e. The third-order valence-corrected chi connectivity index (χ3v) is 2.42. The Morgan fingerprint density at radius 2 is 2.30 bits per heavy atom. The molecule has 1 aliphatic carbocycles. The molecule has 0 spiro atoms. The fourth-order valence-electron chi connectivity index (χ4n) is 1.29. The molecule has 1 atom stereocenters. The molecular formula is C9H17N. The highest BCUT2D eigenvalue weighted by atomic mass is 15.0. The monoisotopic (exact) mass is 139 g/mol. The quantitative estimate of drug-likeness (QED) is 0.588. The van der Waals surface area contributed by atoms with E-state index >= 15 is 0 Å². The van der Waals surface area contributed by atoms with Gasteiger partial charge in [0.25, 0.3) is 0 Å². The van der Waals surface area contributed by atoms with Crippen LogP contribution in [0.1, 0.15) is 33.1 Å². The van der Waals surface area contributed by atoms with Crippen LogP contribution in [0.4, 0.5) is 0 Å². The molecule has 0 saturated heterocycles. The molecule has 1 unspecified atom stereocenters. The van der Waals surface area contributed by atoms with Gasteiger partial charge < -0.3 is 5.32 Å². The molecule has 0 heterocycles. The molecule has 0 aromatic rings. The van der Waals surface area contributed by atoms with E-state index < -0.39 is 0 Å². The van der Waals surface area contributed by atoms with E-state index in [0.29, 0.717) is 11.6 Å². The first-order valence-corrected chi connectivity index (χ1v) is 4.13. The summed E-state index contributed by atoms with van der Waals surface area (Å²) < 4.78 is 0. The van der Waals surface area contributed by atoms with Gasteiger partial charge in [-0.3, -0.25) is 0 Å². The van der Waals surface area contributed by atoms with Gasteiger partial charge in [0.2, 0.25) is 0 Å². The maximum absolute atomic E-state index is 3.74. The Hall–Kier alpha value is -0.300. The summed E-state index contributed by atoms with van der Waals surface area (Å²) in [6, 6.07) is 0.474. The summed E-state index contributed by atoms with van der Waals surface area (Å²) in [4.78, 5) is 0. The van der Waals surface area contributed by atoms with Crippen LogP contribution in [0, 0.1) is 0 Å². The number of hydrogen-bond donors (Lipinski definition) is 1. The summed E-state index contributed by atoms with van der Waals surface area (Å²) in [6.07, 6.45) is 5.92. The van der Waals surface area contributed by atoms with Gasteiger partial charge in [-0.2, -0.15) is 0 Å². The van der Waals surface area contributed by atoms with Crippen molar-refractivity contribution < 1.29 is 0 Å². The van der Waals surface area contributed by atoms with Crippen LogP contribution in [0.3, 0.4) is 0 Å². The van der Waals surface area contributed by atoms with Gasteiger partial charge in [-0.1, -0.05) is 13.0 Å². The van der Waals surface area contributed by atoms with Crippen molar-refractivity contribution in [1.29, 1.82) is 0 Å². The molecule has 0 bridgehead atoms. The summed E-state index contributed by atoms with van der Waals surface area (Å²) in [5.41, 5.74) is 0.494. The van der Waals surface area contributed by atoms with Crippen LogP contribution < -0.4 is 5.32 Å². The Bertz CT molecular complexity index is 125. The summed E-state index contributed by atoms with van der Waals surface area (Å²) in [5.74, 6) is 0. The standard InChI is InChI=1S/C9H17N/c1-4-8(3)10-9(5-2)6-7-9/h4,8,10H,1,5-7H2,2-3H3. The third kappa shape index (κ3) is 1.60. The van der Waals surface area contributed by atoms with Crippen molar-refractivity contribution in [3.63, 3.8) is 0 Å². The van der Waals surface area contributed by atoms with Crippen LogP contribution in [0.15, 0.2) is 12.7 Å². The Labute approximate surface area is 63.5 Å². The van der Waals surface area contributed by atoms with Crippen molar-refractivity contribution in [3.8, 4) is 0 Å². The maximum atomic E-state index is 3.74. The van der Waals surface area contributed by atoms with Crippen LogP contribution in [0.5, 0.6) is 0 Å². The van der Waals surface area contributed by atoms with Crippen LogP contribution in [0.25, 0.3) is 0 Å². The Morgan fingerprint density at radius 1 is 1.70 bits per heavy atom. The van der Waals surface area contributed by atoms with Gasteiger partial charge in [0.1, 0.15) is 0 Å². The van der Waals surface area contributed by atoms with Gasteiger partial charge in [-0.15, -0.1) is 6.58 Å². The fraction of sp³-hybridized carbons (Fsp3) is 0.778. The SMILES string of the molecule is C=CC(C)NC1(CC)CC1. The molecule has 1 saturated carbocycles. The molecule has 58 valence electrons. The van der Waals surface area contributed by atoms with E-state index in [2.05, 4.69) is 25.7 Å². The van der Waals surface area contributed by atoms with Gasteiger partial charge >= 0.3 is 0 Å². The molecule has 1 rings (SSSR count). The minimum absolute atomic E-state index is 0.474. The van der Waals surface area contributed by atoms with E-state index in [1.54, 1.807) is 0 Å². The zero-order valence-electron chi connectivity index (χ0n) is 6.98. The Kier molecular flexibility index (Phi) is 2.14. The smallest absolute Gasteiger partial charge is 0.0224 e. The first-order valence-electron chi connectivity index (χ1n) is 4.13. The molecule has 1 N–H and O–H groups in total. The molecule has 0 radical (unpaired) electrons. The highest BCUT2D eigenvalue weighted by molar-refractivity contribution is 5.04. The van der Waals surface area contributed by atoms with Gasteiger partial charge in [0.05, 0.1) is 0 Å². The summed E-state index contributed by atoms with van der Waals surface area (Å²) >= 11 is 0. The second kappa shape index (κ2) is 2.75. The van der Waals surface area contributed by atoms with Crippen molar-refractivity contribution in [2.45, 2.75) is 44.7 Å². The van der Waals surface area contributed by atoms with Crippen LogP contribution in [-0.2, 0) is 0 Å². The van der Waals surface area contributed by atoms with Crippen LogP contribution in [0.2, 0.25) is 0 Å². The minimum atomic E-state index is 0.474. The maximum Gasteiger partial charge on any atom is 0.0224 e. The van der Waals surface area contributed by atoms with Crippen molar-refractivity contribution in [3.05, 3.63) is 12.7 Å². The van der Waals surface area contributed by atoms with Gasteiger partial charge in [-0.05, 0) is 26.2 Å². The highest BCUT2D eigenvalue weighted by Crippen LogP contribution is 2.38. The average Bonchev–Trinajstić information content (AvgIpc) is 2.70. The van der Waals surface area contributed by atoms with Gasteiger partial charge in [0, 0.05) is 11.6 Å². The molecule has 1 fully saturated rings. The first-order chi connectivity index (χ1) is 4.72. The number of nitrogens with one attached hydrogen (secondary N) is 1. The summed E-state index contributed by atoms with van der Waals surface area (Å²) in [7, 11) is 0. The normalized spacial score (nSPS) is 23.8. The highest BCUT2D eigenvalue weighted by Gasteiger charge is 2.40. The van der Waals surface area contributed by atoms with E-state index in [4.69, 9.17) is 0 Å². The van der Waals surface area contributed by atoms with E-state index in [9.17, 15) is 0 Å². The van der Waals surface area contributed by atoms with Gasteiger partial charge in [-0.25, -0.2) is 0 Å². The lowest BCUT2D eigenvalue weighted by atomic mass is 10.1. The van der Waals surface area contributed by atoms with Crippen LogP contribution in [-0.4, -0.2) is 11.6 Å². The summed E-state index contributed by atoms with van der Waals surface area (Å²) in [6.45, 7) is 8.15. The zero-order chi connectivity index (χ0) is 7.61. The van der Waals surface area contributed by atoms with Crippen molar-refractivity contribution in [2.24, 2.45) is 0 Å². The van der Waals surface area contributed by atoms with Crippen molar-refractivity contribution >= 4 is 0 Å². The first kappa shape index (κ1) is 7.80. The Morgan fingerprint density at radius 3 is 2.60 bits per heavy atom. The molecule has 0 amide bonds. The third-order valence-electron chi connectivity index (χ3n) is 2.42. The predicted octanol–water partition coefficient (Wildman–Crippen LogP) is 2.09. The lowest BCUT2D eigenvalue weighted by molar-refractivity contribution is 0.457.